The molecular formula is C5H6O5. The van der Waals surface area contributed by atoms with E-state index in [0.717, 1.165) is 0 Å². The van der Waals surface area contributed by atoms with Crippen LogP contribution in [-0.2, 0) is 24.4 Å². The van der Waals surface area contributed by atoms with Crippen molar-refractivity contribution in [1.82, 2.24) is 0 Å². The van der Waals surface area contributed by atoms with Gasteiger partial charge in [0.15, 0.2) is 5.41 Å². The van der Waals surface area contributed by atoms with Crippen molar-refractivity contribution in [2.24, 2.45) is 5.41 Å². The smallest absolute Gasteiger partial charge is 0.258 e. The molecule has 1 rings (SSSR count). The Morgan fingerprint density at radius 1 is 1.10 bits per heavy atom. The molecule has 0 radical (unpaired) electrons. The topological polar surface area (TPSA) is 61.8 Å². The molecule has 0 amide bonds. The number of carbonyl (C=O) groups excluding carboxylic acids is 2. The molecule has 1 aliphatic rings. The maximum atomic E-state index is 10.7. The number of carbonyl (C=O) groups is 2. The summed E-state index contributed by atoms with van der Waals surface area (Å²) in [6.45, 7) is 2.78. The summed E-state index contributed by atoms with van der Waals surface area (Å²) in [7, 11) is 0. The van der Waals surface area contributed by atoms with Crippen molar-refractivity contribution in [3.8, 4) is 0 Å². The summed E-state index contributed by atoms with van der Waals surface area (Å²) in [5.41, 5.74) is -1.25. The normalized spacial score (nSPS) is 23.4. The molecule has 0 N–H and O–H groups in total. The molecule has 0 aromatic carbocycles. The second-order valence-electron chi connectivity index (χ2n) is 2.43. The van der Waals surface area contributed by atoms with Crippen LogP contribution in [0.4, 0.5) is 0 Å². The minimum Gasteiger partial charge on any atom is -0.258 e. The van der Waals surface area contributed by atoms with E-state index < -0.39 is 17.4 Å². The molecule has 0 aliphatic carbocycles. The van der Waals surface area contributed by atoms with Crippen LogP contribution in [0.2, 0.25) is 0 Å². The molecule has 1 heterocycles. The highest BCUT2D eigenvalue weighted by Gasteiger charge is 2.45. The average Bonchev–Trinajstić information content (AvgIpc) is 1.84. The van der Waals surface area contributed by atoms with Crippen LogP contribution in [-0.4, -0.2) is 11.9 Å². The molecule has 1 aliphatic heterocycles. The second kappa shape index (κ2) is 1.95. The van der Waals surface area contributed by atoms with Gasteiger partial charge in [-0.05, 0) is 13.8 Å². The van der Waals surface area contributed by atoms with Gasteiger partial charge in [-0.3, -0.25) is 9.78 Å². The van der Waals surface area contributed by atoms with E-state index in [1.807, 2.05) is 0 Å². The largest absolute Gasteiger partial charge is 0.363 e. The van der Waals surface area contributed by atoms with E-state index in [0.29, 0.717) is 0 Å². The Labute approximate surface area is 56.7 Å². The lowest BCUT2D eigenvalue weighted by atomic mass is 9.94. The SMILES string of the molecule is CC1(C)C(=O)OOOC1=O. The van der Waals surface area contributed by atoms with Crippen molar-refractivity contribution < 1.29 is 24.4 Å². The Morgan fingerprint density at radius 2 is 1.50 bits per heavy atom. The summed E-state index contributed by atoms with van der Waals surface area (Å²) in [5, 5.41) is 3.73. The van der Waals surface area contributed by atoms with Crippen LogP contribution in [0.3, 0.4) is 0 Å². The van der Waals surface area contributed by atoms with Crippen molar-refractivity contribution in [3.05, 3.63) is 0 Å². The quantitative estimate of drug-likeness (QED) is 0.354. The first-order valence-electron chi connectivity index (χ1n) is 2.65. The van der Waals surface area contributed by atoms with Crippen molar-refractivity contribution in [1.29, 1.82) is 0 Å². The zero-order valence-electron chi connectivity index (χ0n) is 5.54. The molecule has 5 nitrogen and oxygen atoms in total. The van der Waals surface area contributed by atoms with Gasteiger partial charge in [-0.15, -0.1) is 0 Å². The zero-order chi connectivity index (χ0) is 7.78. The minimum absolute atomic E-state index is 0.747. The van der Waals surface area contributed by atoms with Crippen LogP contribution >= 0.6 is 0 Å². The lowest BCUT2D eigenvalue weighted by molar-refractivity contribution is -0.476. The van der Waals surface area contributed by atoms with Gasteiger partial charge >= 0.3 is 11.9 Å². The Kier molecular flexibility index (Phi) is 1.37. The molecule has 5 heteroatoms. The van der Waals surface area contributed by atoms with Crippen LogP contribution in [0, 0.1) is 5.41 Å². The van der Waals surface area contributed by atoms with E-state index in [2.05, 4.69) is 14.8 Å². The van der Waals surface area contributed by atoms with E-state index in [1.54, 1.807) is 0 Å². The molecule has 1 fully saturated rings. The van der Waals surface area contributed by atoms with Crippen molar-refractivity contribution in [2.75, 3.05) is 0 Å². The lowest BCUT2D eigenvalue weighted by Gasteiger charge is -2.21. The molecule has 1 saturated heterocycles. The first kappa shape index (κ1) is 7.01. The van der Waals surface area contributed by atoms with Crippen LogP contribution in [0.1, 0.15) is 13.8 Å². The monoisotopic (exact) mass is 146 g/mol. The molecule has 0 atom stereocenters. The standard InChI is InChI=1S/C5H6O5/c1-5(2)3(6)8-10-9-4(5)7/h1-2H3. The van der Waals surface area contributed by atoms with Gasteiger partial charge in [0.25, 0.3) is 0 Å². The first-order chi connectivity index (χ1) is 4.55. The fourth-order valence-electron chi connectivity index (χ4n) is 0.370. The summed E-state index contributed by atoms with van der Waals surface area (Å²) in [5.74, 6) is -1.49. The van der Waals surface area contributed by atoms with Gasteiger partial charge in [0, 0.05) is 5.04 Å². The fourth-order valence-corrected chi connectivity index (χ4v) is 0.370. The molecular weight excluding hydrogens is 140 g/mol. The van der Waals surface area contributed by atoms with Gasteiger partial charge in [-0.2, -0.15) is 0 Å². The first-order valence-corrected chi connectivity index (χ1v) is 2.65. The number of hydrogen-bond acceptors (Lipinski definition) is 5. The maximum absolute atomic E-state index is 10.7. The second-order valence-corrected chi connectivity index (χ2v) is 2.43. The molecule has 0 aromatic heterocycles. The van der Waals surface area contributed by atoms with Crippen molar-refractivity contribution in [3.63, 3.8) is 0 Å². The summed E-state index contributed by atoms with van der Waals surface area (Å²) >= 11 is 0. The molecule has 10 heavy (non-hydrogen) atoms. The van der Waals surface area contributed by atoms with Gasteiger partial charge in [0.1, 0.15) is 0 Å². The van der Waals surface area contributed by atoms with Crippen LogP contribution in [0.25, 0.3) is 0 Å². The maximum Gasteiger partial charge on any atom is 0.363 e. The molecule has 0 unspecified atom stereocenters. The Hall–Kier alpha value is -1.10. The Bertz CT molecular complexity index is 164. The minimum atomic E-state index is -1.25. The van der Waals surface area contributed by atoms with Gasteiger partial charge < -0.3 is 0 Å². The third-order valence-corrected chi connectivity index (χ3v) is 1.24. The predicted octanol–water partition coefficient (Wildman–Crippen LogP) is -0.0408. The lowest BCUT2D eigenvalue weighted by Crippen LogP contribution is -2.41. The average molecular weight is 146 g/mol. The van der Waals surface area contributed by atoms with Gasteiger partial charge in [-0.25, -0.2) is 9.59 Å². The highest BCUT2D eigenvalue weighted by atomic mass is 17.5. The Morgan fingerprint density at radius 3 is 1.80 bits per heavy atom. The van der Waals surface area contributed by atoms with E-state index in [1.165, 1.54) is 13.8 Å². The number of rotatable bonds is 0. The molecule has 0 aromatic rings. The van der Waals surface area contributed by atoms with Crippen molar-refractivity contribution >= 4 is 11.9 Å². The van der Waals surface area contributed by atoms with E-state index in [4.69, 9.17) is 0 Å². The highest BCUT2D eigenvalue weighted by Crippen LogP contribution is 2.23. The molecule has 0 saturated carbocycles. The third kappa shape index (κ3) is 0.841. The van der Waals surface area contributed by atoms with E-state index in [-0.39, 0.29) is 0 Å². The van der Waals surface area contributed by atoms with Crippen LogP contribution in [0.15, 0.2) is 0 Å². The third-order valence-electron chi connectivity index (χ3n) is 1.24. The summed E-state index contributed by atoms with van der Waals surface area (Å²) in [4.78, 5) is 29.3. The summed E-state index contributed by atoms with van der Waals surface area (Å²) in [6, 6.07) is 0. The molecule has 0 bridgehead atoms. The van der Waals surface area contributed by atoms with Crippen LogP contribution in [0.5, 0.6) is 0 Å². The van der Waals surface area contributed by atoms with Gasteiger partial charge in [-0.1, -0.05) is 0 Å². The fraction of sp³-hybridized carbons (Fsp3) is 0.600. The predicted molar refractivity (Wildman–Crippen MR) is 27.0 cm³/mol. The number of hydrogen-bond donors (Lipinski definition) is 0. The van der Waals surface area contributed by atoms with Crippen LogP contribution < -0.4 is 0 Å². The summed E-state index contributed by atoms with van der Waals surface area (Å²) in [6.07, 6.45) is 0. The van der Waals surface area contributed by atoms with E-state index >= 15 is 0 Å². The van der Waals surface area contributed by atoms with Gasteiger partial charge in [0.05, 0.1) is 0 Å². The molecule has 56 valence electrons. The van der Waals surface area contributed by atoms with E-state index in [9.17, 15) is 9.59 Å². The Balaban J connectivity index is 2.83. The van der Waals surface area contributed by atoms with Gasteiger partial charge in [0.2, 0.25) is 0 Å². The molecule has 0 spiro atoms. The summed E-state index contributed by atoms with van der Waals surface area (Å²) < 4.78 is 0. The highest BCUT2D eigenvalue weighted by molar-refractivity contribution is 5.99. The zero-order valence-corrected chi connectivity index (χ0v) is 5.54. The van der Waals surface area contributed by atoms with Crippen molar-refractivity contribution in [2.45, 2.75) is 13.8 Å².